The number of nitrogen functional groups attached to an aromatic ring is 1. The molecule has 5 rings (SSSR count). The molecular weight excluding hydrogens is 326 g/mol. The lowest BCUT2D eigenvalue weighted by Gasteiger charge is -2.14. The molecule has 0 aliphatic heterocycles. The minimum Gasteiger partial charge on any atom is -0.398 e. The van der Waals surface area contributed by atoms with E-state index in [0.29, 0.717) is 6.04 Å². The van der Waals surface area contributed by atoms with Gasteiger partial charge in [-0.05, 0) is 77.1 Å². The molecule has 4 atom stereocenters. The summed E-state index contributed by atoms with van der Waals surface area (Å²) in [5, 5.41) is 4.81. The van der Waals surface area contributed by atoms with E-state index in [9.17, 15) is 0 Å². The van der Waals surface area contributed by atoms with E-state index in [-0.39, 0.29) is 0 Å². The number of fused-ring (bicyclic) bond motifs is 6. The zero-order valence-electron chi connectivity index (χ0n) is 11.7. The van der Waals surface area contributed by atoms with Crippen LogP contribution in [0.3, 0.4) is 0 Å². The van der Waals surface area contributed by atoms with Crippen LogP contribution in [0.2, 0.25) is 0 Å². The minimum absolute atomic E-state index is 0.675. The van der Waals surface area contributed by atoms with Gasteiger partial charge in [0.15, 0.2) is 0 Å². The van der Waals surface area contributed by atoms with Gasteiger partial charge in [0.25, 0.3) is 0 Å². The Morgan fingerprint density at radius 1 is 1.19 bits per heavy atom. The number of aromatic nitrogens is 1. The second-order valence-corrected chi connectivity index (χ2v) is 7.83. The van der Waals surface area contributed by atoms with Crippen LogP contribution < -0.4 is 11.1 Å². The van der Waals surface area contributed by atoms with E-state index < -0.39 is 0 Å². The van der Waals surface area contributed by atoms with Crippen molar-refractivity contribution >= 4 is 38.2 Å². The summed E-state index contributed by atoms with van der Waals surface area (Å²) in [5.41, 5.74) is 9.03. The predicted octanol–water partition coefficient (Wildman–Crippen LogP) is 4.04. The molecule has 1 aromatic carbocycles. The second-order valence-electron chi connectivity index (χ2n) is 6.91. The summed E-state index contributed by atoms with van der Waals surface area (Å²) < 4.78 is 0.972. The number of benzene rings is 1. The van der Waals surface area contributed by atoms with Gasteiger partial charge in [0.1, 0.15) is 0 Å². The molecule has 3 fully saturated rings. The quantitative estimate of drug-likeness (QED) is 0.809. The fraction of sp³-hybridized carbons (Fsp3) is 0.471. The summed E-state index contributed by atoms with van der Waals surface area (Å²) in [6.45, 7) is 0. The van der Waals surface area contributed by atoms with E-state index in [1.807, 2.05) is 12.3 Å². The Bertz CT molecular complexity index is 728. The van der Waals surface area contributed by atoms with Crippen molar-refractivity contribution in [2.45, 2.75) is 25.3 Å². The van der Waals surface area contributed by atoms with Crippen LogP contribution in [0.1, 0.15) is 19.3 Å². The first kappa shape index (κ1) is 12.3. The number of pyridine rings is 1. The SMILES string of the molecule is Nc1ccc(NC2C3C4CCC(C4)C23)c2ncc(Br)cc12. The number of nitrogens with two attached hydrogens (primary N) is 1. The standard InChI is InChI=1S/C17H18BrN3/c18-10-6-11-12(19)3-4-13(16(11)20-7-10)21-17-14-8-1-2-9(5-8)15(14)17/h3-4,6-9,14-15,17,21H,1-2,5,19H2. The predicted molar refractivity (Wildman–Crippen MR) is 89.1 cm³/mol. The van der Waals surface area contributed by atoms with Crippen molar-refractivity contribution in [3.8, 4) is 0 Å². The van der Waals surface area contributed by atoms with Crippen molar-refractivity contribution < 1.29 is 0 Å². The van der Waals surface area contributed by atoms with Crippen molar-refractivity contribution in [2.75, 3.05) is 11.1 Å². The average molecular weight is 344 g/mol. The summed E-state index contributed by atoms with van der Waals surface area (Å²) in [7, 11) is 0. The van der Waals surface area contributed by atoms with Gasteiger partial charge in [0, 0.05) is 27.8 Å². The maximum absolute atomic E-state index is 6.10. The van der Waals surface area contributed by atoms with Crippen molar-refractivity contribution in [1.29, 1.82) is 0 Å². The first-order valence-corrected chi connectivity index (χ1v) is 8.62. The molecule has 0 spiro atoms. The zero-order valence-corrected chi connectivity index (χ0v) is 13.3. The first-order valence-electron chi connectivity index (χ1n) is 7.82. The number of halogens is 1. The lowest BCUT2D eigenvalue weighted by Crippen LogP contribution is -2.13. The van der Waals surface area contributed by atoms with Crippen molar-refractivity contribution in [1.82, 2.24) is 4.98 Å². The van der Waals surface area contributed by atoms with Gasteiger partial charge < -0.3 is 11.1 Å². The first-order chi connectivity index (χ1) is 10.2. The Morgan fingerprint density at radius 3 is 2.71 bits per heavy atom. The molecule has 1 aromatic heterocycles. The number of anilines is 2. The third-order valence-corrected chi connectivity index (χ3v) is 6.34. The molecule has 108 valence electrons. The van der Waals surface area contributed by atoms with Gasteiger partial charge in [-0.25, -0.2) is 0 Å². The Hall–Kier alpha value is -1.29. The Morgan fingerprint density at radius 2 is 1.95 bits per heavy atom. The Balaban J connectivity index is 1.50. The molecule has 3 saturated carbocycles. The molecule has 4 unspecified atom stereocenters. The number of nitrogens with zero attached hydrogens (tertiary/aromatic N) is 1. The third kappa shape index (κ3) is 1.68. The van der Waals surface area contributed by atoms with E-state index in [1.165, 1.54) is 19.3 Å². The number of hydrogen-bond donors (Lipinski definition) is 2. The largest absolute Gasteiger partial charge is 0.398 e. The van der Waals surface area contributed by atoms with Crippen LogP contribution in [0.25, 0.3) is 10.9 Å². The maximum atomic E-state index is 6.10. The molecule has 0 amide bonds. The smallest absolute Gasteiger partial charge is 0.0954 e. The van der Waals surface area contributed by atoms with Crippen LogP contribution in [0.15, 0.2) is 28.9 Å². The van der Waals surface area contributed by atoms with E-state index in [0.717, 1.165) is 50.4 Å². The molecule has 2 bridgehead atoms. The molecule has 3 nitrogen and oxygen atoms in total. The fourth-order valence-corrected chi connectivity index (χ4v) is 5.36. The number of hydrogen-bond acceptors (Lipinski definition) is 3. The number of nitrogens with one attached hydrogen (secondary N) is 1. The van der Waals surface area contributed by atoms with Gasteiger partial charge in [-0.1, -0.05) is 0 Å². The van der Waals surface area contributed by atoms with Crippen LogP contribution in [0.4, 0.5) is 11.4 Å². The van der Waals surface area contributed by atoms with Gasteiger partial charge in [-0.3, -0.25) is 4.98 Å². The molecule has 3 aliphatic carbocycles. The molecule has 21 heavy (non-hydrogen) atoms. The topological polar surface area (TPSA) is 50.9 Å². The lowest BCUT2D eigenvalue weighted by molar-refractivity contribution is 0.456. The molecular formula is C17H18BrN3. The fourth-order valence-electron chi connectivity index (χ4n) is 5.03. The second kappa shape index (κ2) is 4.13. The number of rotatable bonds is 2. The molecule has 4 heteroatoms. The van der Waals surface area contributed by atoms with Crippen LogP contribution in [-0.4, -0.2) is 11.0 Å². The molecule has 0 radical (unpaired) electrons. The minimum atomic E-state index is 0.675. The molecule has 1 heterocycles. The summed E-state index contributed by atoms with van der Waals surface area (Å²) in [4.78, 5) is 4.58. The molecule has 3 aliphatic rings. The summed E-state index contributed by atoms with van der Waals surface area (Å²) >= 11 is 3.48. The van der Waals surface area contributed by atoms with Crippen LogP contribution in [0.5, 0.6) is 0 Å². The van der Waals surface area contributed by atoms with Gasteiger partial charge in [-0.15, -0.1) is 0 Å². The molecule has 2 aromatic rings. The third-order valence-electron chi connectivity index (χ3n) is 5.91. The molecule has 3 N–H and O–H groups in total. The highest BCUT2D eigenvalue weighted by molar-refractivity contribution is 9.10. The summed E-state index contributed by atoms with van der Waals surface area (Å²) in [6.07, 6.45) is 6.25. The summed E-state index contributed by atoms with van der Waals surface area (Å²) in [5.74, 6) is 3.82. The monoisotopic (exact) mass is 343 g/mol. The molecule has 0 saturated heterocycles. The van der Waals surface area contributed by atoms with Crippen molar-refractivity contribution in [2.24, 2.45) is 23.7 Å². The van der Waals surface area contributed by atoms with E-state index >= 15 is 0 Å². The van der Waals surface area contributed by atoms with Gasteiger partial charge in [-0.2, -0.15) is 0 Å². The van der Waals surface area contributed by atoms with E-state index in [2.05, 4.69) is 38.4 Å². The van der Waals surface area contributed by atoms with Crippen LogP contribution in [-0.2, 0) is 0 Å². The average Bonchev–Trinajstić information content (AvgIpc) is 2.87. The Kier molecular flexibility index (Phi) is 2.41. The highest BCUT2D eigenvalue weighted by atomic mass is 79.9. The van der Waals surface area contributed by atoms with Crippen molar-refractivity contribution in [3.63, 3.8) is 0 Å². The lowest BCUT2D eigenvalue weighted by atomic mass is 10.0. The van der Waals surface area contributed by atoms with Crippen LogP contribution in [0, 0.1) is 23.7 Å². The van der Waals surface area contributed by atoms with E-state index in [1.54, 1.807) is 0 Å². The highest BCUT2D eigenvalue weighted by Crippen LogP contribution is 2.66. The normalized spacial score (nSPS) is 36.0. The van der Waals surface area contributed by atoms with Crippen molar-refractivity contribution in [3.05, 3.63) is 28.9 Å². The summed E-state index contributed by atoms with van der Waals surface area (Å²) in [6, 6.07) is 6.81. The maximum Gasteiger partial charge on any atom is 0.0954 e. The van der Waals surface area contributed by atoms with Crippen LogP contribution >= 0.6 is 15.9 Å². The van der Waals surface area contributed by atoms with Gasteiger partial charge >= 0.3 is 0 Å². The van der Waals surface area contributed by atoms with Gasteiger partial charge in [0.05, 0.1) is 11.2 Å². The Labute approximate surface area is 132 Å². The zero-order chi connectivity index (χ0) is 14.1. The highest BCUT2D eigenvalue weighted by Gasteiger charge is 2.65. The van der Waals surface area contributed by atoms with E-state index in [4.69, 9.17) is 5.73 Å². The van der Waals surface area contributed by atoms with Gasteiger partial charge in [0.2, 0.25) is 0 Å².